The van der Waals surface area contributed by atoms with Gasteiger partial charge in [0.2, 0.25) is 16.1 Å². The van der Waals surface area contributed by atoms with Crippen LogP contribution in [0.2, 0.25) is 0 Å². The third-order valence-corrected chi connectivity index (χ3v) is 2.98. The molecule has 0 aliphatic rings. The summed E-state index contributed by atoms with van der Waals surface area (Å²) in [6, 6.07) is 0. The molecule has 0 heterocycles. The number of carboxylic acids is 1. The molecule has 7 nitrogen and oxygen atoms in total. The van der Waals surface area contributed by atoms with Gasteiger partial charge in [0, 0.05) is 5.75 Å². The normalized spacial score (nSPS) is 15.0. The number of carbonyl (C=O) groups is 2. The Kier molecular flexibility index (Phi) is 6.50. The number of aliphatic carboxylic acids is 1. The summed E-state index contributed by atoms with van der Waals surface area (Å²) >= 11 is 3.87. The number of nitrogens with one attached hydrogen (secondary N) is 1. The summed E-state index contributed by atoms with van der Waals surface area (Å²) in [6.07, 6.45) is -0.663. The van der Waals surface area contributed by atoms with Gasteiger partial charge in [0.25, 0.3) is 0 Å². The Morgan fingerprint density at radius 3 is 2.35 bits per heavy atom. The zero-order valence-corrected chi connectivity index (χ0v) is 11.1. The van der Waals surface area contributed by atoms with E-state index in [0.717, 1.165) is 6.26 Å². The van der Waals surface area contributed by atoms with Crippen molar-refractivity contribution in [1.82, 2.24) is 4.72 Å². The average Bonchev–Trinajstić information content (AvgIpc) is 2.20. The number of rotatable bonds is 7. The van der Waals surface area contributed by atoms with Gasteiger partial charge >= 0.3 is 11.9 Å². The van der Waals surface area contributed by atoms with Crippen LogP contribution in [0.5, 0.6) is 0 Å². The molecular formula is C8H15NO6S2. The fourth-order valence-corrected chi connectivity index (χ4v) is 1.34. The van der Waals surface area contributed by atoms with Gasteiger partial charge in [-0.25, -0.2) is 17.9 Å². The quantitative estimate of drug-likeness (QED) is 0.413. The molecule has 100 valence electrons. The first-order valence-corrected chi connectivity index (χ1v) is 7.18. The van der Waals surface area contributed by atoms with E-state index < -0.39 is 40.5 Å². The van der Waals surface area contributed by atoms with E-state index in [1.807, 2.05) is 4.72 Å². The van der Waals surface area contributed by atoms with E-state index in [1.54, 1.807) is 0 Å². The van der Waals surface area contributed by atoms with Gasteiger partial charge in [0.05, 0.1) is 18.7 Å². The number of thiol groups is 1. The molecule has 0 bridgehead atoms. The van der Waals surface area contributed by atoms with E-state index in [0.29, 0.717) is 0 Å². The molecule has 0 aliphatic heterocycles. The molecule has 9 heteroatoms. The number of carboxylic acid groups (broad SMARTS) is 1. The van der Waals surface area contributed by atoms with Crippen LogP contribution in [-0.2, 0) is 24.3 Å². The molecule has 0 aromatic rings. The zero-order chi connectivity index (χ0) is 13.6. The predicted octanol–water partition coefficient (Wildman–Crippen LogP) is -0.902. The van der Waals surface area contributed by atoms with Gasteiger partial charge in [-0.3, -0.25) is 4.79 Å². The first kappa shape index (κ1) is 16.2. The van der Waals surface area contributed by atoms with Crippen molar-refractivity contribution < 1.29 is 27.9 Å². The van der Waals surface area contributed by atoms with Crippen molar-refractivity contribution in [1.29, 1.82) is 0 Å². The standard InChI is InChI=1S/C8H15NO6S2/c1-5(4-16)8(12)15-6(7(10)11)3-9-17(2,13)14/h5-6,9,16H,3-4H2,1-2H3,(H,10,11)/t5-,6?/m1/s1. The smallest absolute Gasteiger partial charge is 0.346 e. The molecule has 17 heavy (non-hydrogen) atoms. The van der Waals surface area contributed by atoms with Crippen molar-refractivity contribution in [2.24, 2.45) is 5.92 Å². The Hall–Kier alpha value is -0.800. The molecule has 0 saturated carbocycles. The fraction of sp³-hybridized carbons (Fsp3) is 0.750. The van der Waals surface area contributed by atoms with Crippen molar-refractivity contribution in [3.63, 3.8) is 0 Å². The Morgan fingerprint density at radius 1 is 1.47 bits per heavy atom. The van der Waals surface area contributed by atoms with Gasteiger partial charge in [-0.15, -0.1) is 0 Å². The molecular weight excluding hydrogens is 270 g/mol. The highest BCUT2D eigenvalue weighted by atomic mass is 32.2. The molecule has 0 aliphatic carbocycles. The Morgan fingerprint density at radius 2 is 2.00 bits per heavy atom. The van der Waals surface area contributed by atoms with Crippen molar-refractivity contribution in [3.05, 3.63) is 0 Å². The monoisotopic (exact) mass is 285 g/mol. The van der Waals surface area contributed by atoms with Gasteiger partial charge < -0.3 is 9.84 Å². The van der Waals surface area contributed by atoms with E-state index in [1.165, 1.54) is 6.92 Å². The molecule has 0 fully saturated rings. The van der Waals surface area contributed by atoms with Gasteiger partial charge in [0.15, 0.2) is 0 Å². The van der Waals surface area contributed by atoms with Crippen LogP contribution in [0.3, 0.4) is 0 Å². The summed E-state index contributed by atoms with van der Waals surface area (Å²) in [5, 5.41) is 8.74. The minimum Gasteiger partial charge on any atom is -0.478 e. The van der Waals surface area contributed by atoms with Crippen LogP contribution in [0.15, 0.2) is 0 Å². The van der Waals surface area contributed by atoms with Crippen molar-refractivity contribution in [3.8, 4) is 0 Å². The summed E-state index contributed by atoms with van der Waals surface area (Å²) in [7, 11) is -3.53. The number of hydrogen-bond acceptors (Lipinski definition) is 6. The van der Waals surface area contributed by atoms with Gasteiger partial charge in [-0.1, -0.05) is 6.92 Å². The number of hydrogen-bond donors (Lipinski definition) is 3. The van der Waals surface area contributed by atoms with E-state index in [9.17, 15) is 18.0 Å². The van der Waals surface area contributed by atoms with Gasteiger partial charge in [-0.2, -0.15) is 12.6 Å². The van der Waals surface area contributed by atoms with Crippen LogP contribution in [-0.4, -0.2) is 50.1 Å². The Labute approximate surface area is 105 Å². The van der Waals surface area contributed by atoms with Crippen LogP contribution in [0, 0.1) is 5.92 Å². The highest BCUT2D eigenvalue weighted by Gasteiger charge is 2.25. The van der Waals surface area contributed by atoms with Crippen LogP contribution < -0.4 is 4.72 Å². The molecule has 0 spiro atoms. The maximum absolute atomic E-state index is 11.3. The largest absolute Gasteiger partial charge is 0.478 e. The fourth-order valence-electron chi connectivity index (χ4n) is 0.737. The minimum atomic E-state index is -3.53. The zero-order valence-electron chi connectivity index (χ0n) is 9.41. The van der Waals surface area contributed by atoms with Crippen molar-refractivity contribution >= 4 is 34.6 Å². The summed E-state index contributed by atoms with van der Waals surface area (Å²) in [4.78, 5) is 22.0. The molecule has 1 unspecified atom stereocenters. The predicted molar refractivity (Wildman–Crippen MR) is 63.4 cm³/mol. The molecule has 2 atom stereocenters. The van der Waals surface area contributed by atoms with Crippen LogP contribution >= 0.6 is 12.6 Å². The van der Waals surface area contributed by atoms with E-state index in [-0.39, 0.29) is 5.75 Å². The van der Waals surface area contributed by atoms with Gasteiger partial charge in [-0.05, 0) is 0 Å². The molecule has 0 rings (SSSR count). The van der Waals surface area contributed by atoms with Crippen LogP contribution in [0.4, 0.5) is 0 Å². The second-order valence-electron chi connectivity index (χ2n) is 3.47. The molecule has 0 radical (unpaired) electrons. The molecule has 0 amide bonds. The summed E-state index contributed by atoms with van der Waals surface area (Å²) < 4.78 is 28.2. The lowest BCUT2D eigenvalue weighted by molar-refractivity contribution is -0.165. The average molecular weight is 285 g/mol. The maximum Gasteiger partial charge on any atom is 0.346 e. The third kappa shape index (κ3) is 7.18. The van der Waals surface area contributed by atoms with Crippen LogP contribution in [0.1, 0.15) is 6.92 Å². The number of sulfonamides is 1. The maximum atomic E-state index is 11.3. The van der Waals surface area contributed by atoms with E-state index >= 15 is 0 Å². The molecule has 0 aromatic heterocycles. The lowest BCUT2D eigenvalue weighted by Crippen LogP contribution is -2.40. The SMILES string of the molecule is C[C@H](CS)C(=O)OC(CNS(C)(=O)=O)C(=O)O. The molecule has 2 N–H and O–H groups in total. The Balaban J connectivity index is 4.46. The highest BCUT2D eigenvalue weighted by molar-refractivity contribution is 7.88. The number of esters is 1. The second kappa shape index (κ2) is 6.82. The van der Waals surface area contributed by atoms with E-state index in [2.05, 4.69) is 17.4 Å². The summed E-state index contributed by atoms with van der Waals surface area (Å²) in [6.45, 7) is 1.03. The van der Waals surface area contributed by atoms with Crippen LogP contribution in [0.25, 0.3) is 0 Å². The summed E-state index contributed by atoms with van der Waals surface area (Å²) in [5.41, 5.74) is 0. The van der Waals surface area contributed by atoms with E-state index in [4.69, 9.17) is 5.11 Å². The summed E-state index contributed by atoms with van der Waals surface area (Å²) in [5.74, 6) is -2.49. The topological polar surface area (TPSA) is 110 Å². The Bertz CT molecular complexity index is 379. The lowest BCUT2D eigenvalue weighted by Gasteiger charge is -2.16. The minimum absolute atomic E-state index is 0.213. The number of carbonyl (C=O) groups excluding carboxylic acids is 1. The first-order valence-electron chi connectivity index (χ1n) is 4.66. The van der Waals surface area contributed by atoms with Crippen molar-refractivity contribution in [2.75, 3.05) is 18.6 Å². The molecule has 0 saturated heterocycles. The highest BCUT2D eigenvalue weighted by Crippen LogP contribution is 2.04. The molecule has 0 aromatic carbocycles. The third-order valence-electron chi connectivity index (χ3n) is 1.74. The van der Waals surface area contributed by atoms with Crippen molar-refractivity contribution in [2.45, 2.75) is 13.0 Å². The van der Waals surface area contributed by atoms with Gasteiger partial charge in [0.1, 0.15) is 0 Å². The first-order chi connectivity index (χ1) is 7.67. The second-order valence-corrected chi connectivity index (χ2v) is 5.67. The number of ether oxygens (including phenoxy) is 1. The lowest BCUT2D eigenvalue weighted by atomic mass is 10.2.